The molecule has 2 aromatic rings. The summed E-state index contributed by atoms with van der Waals surface area (Å²) in [5.74, 6) is 2.65. The lowest BCUT2D eigenvalue weighted by Crippen LogP contribution is -2.52. The van der Waals surface area contributed by atoms with Gasteiger partial charge in [-0.1, -0.05) is 0 Å². The van der Waals surface area contributed by atoms with E-state index < -0.39 is 10.0 Å². The maximum Gasteiger partial charge on any atom is 0.213 e. The van der Waals surface area contributed by atoms with Gasteiger partial charge in [0.2, 0.25) is 10.0 Å². The molecule has 130 valence electrons. The van der Waals surface area contributed by atoms with Crippen LogP contribution in [0.5, 0.6) is 5.75 Å². The predicted octanol–water partition coefficient (Wildman–Crippen LogP) is 1.64. The number of rotatable bonds is 6. The Morgan fingerprint density at radius 1 is 1.33 bits per heavy atom. The number of anilines is 1. The summed E-state index contributed by atoms with van der Waals surface area (Å²) in [7, 11) is -1.44. The van der Waals surface area contributed by atoms with Crippen molar-refractivity contribution in [3.8, 4) is 5.75 Å². The second-order valence-corrected chi connectivity index (χ2v) is 8.22. The Morgan fingerprint density at radius 3 is 2.75 bits per heavy atom. The molecule has 1 aliphatic heterocycles. The zero-order valence-corrected chi connectivity index (χ0v) is 14.9. The Kier molecular flexibility index (Phi) is 4.60. The molecule has 7 nitrogen and oxygen atoms in total. The molecule has 24 heavy (non-hydrogen) atoms. The third-order valence-corrected chi connectivity index (χ3v) is 6.07. The molecule has 1 N–H and O–H groups in total. The first-order valence-electron chi connectivity index (χ1n) is 7.97. The van der Waals surface area contributed by atoms with E-state index in [1.54, 1.807) is 14.0 Å². The fraction of sp³-hybridized carbons (Fsp3) is 0.500. The maximum atomic E-state index is 11.8. The van der Waals surface area contributed by atoms with Crippen LogP contribution in [0, 0.1) is 12.8 Å². The molecule has 1 saturated heterocycles. The van der Waals surface area contributed by atoms with Gasteiger partial charge in [-0.2, -0.15) is 0 Å². The number of sulfonamides is 1. The molecule has 0 bridgehead atoms. The minimum atomic E-state index is -3.06. The first kappa shape index (κ1) is 16.9. The second-order valence-electron chi connectivity index (χ2n) is 5.97. The fourth-order valence-corrected chi connectivity index (χ4v) is 4.03. The van der Waals surface area contributed by atoms with Gasteiger partial charge in [-0.3, -0.25) is 0 Å². The monoisotopic (exact) mass is 350 g/mol. The number of nitrogens with zero attached hydrogens (tertiary/aromatic N) is 3. The minimum absolute atomic E-state index is 0.155. The number of methoxy groups -OCH3 is 1. The van der Waals surface area contributed by atoms with Gasteiger partial charge in [-0.15, -0.1) is 0 Å². The lowest BCUT2D eigenvalue weighted by Gasteiger charge is -2.38. The van der Waals surface area contributed by atoms with Crippen LogP contribution in [-0.4, -0.2) is 55.2 Å². The Bertz CT molecular complexity index is 848. The highest BCUT2D eigenvalue weighted by molar-refractivity contribution is 7.89. The van der Waals surface area contributed by atoms with E-state index in [9.17, 15) is 8.42 Å². The number of nitrogens with one attached hydrogen (secondary N) is 1. The van der Waals surface area contributed by atoms with Crippen LogP contribution in [0.2, 0.25) is 0 Å². The quantitative estimate of drug-likeness (QED) is 0.853. The molecule has 0 amide bonds. The molecule has 1 fully saturated rings. The van der Waals surface area contributed by atoms with Gasteiger partial charge in [0, 0.05) is 30.9 Å². The molecule has 1 aliphatic rings. The molecule has 2 heterocycles. The van der Waals surface area contributed by atoms with Crippen molar-refractivity contribution in [1.82, 2.24) is 14.3 Å². The van der Waals surface area contributed by atoms with E-state index in [2.05, 4.69) is 15.3 Å². The molecule has 0 spiro atoms. The van der Waals surface area contributed by atoms with Gasteiger partial charge in [0.15, 0.2) is 0 Å². The highest BCUT2D eigenvalue weighted by atomic mass is 32.2. The molecule has 0 saturated carbocycles. The van der Waals surface area contributed by atoms with Gasteiger partial charge in [-0.05, 0) is 32.0 Å². The molecule has 8 heteroatoms. The van der Waals surface area contributed by atoms with Crippen molar-refractivity contribution in [2.24, 2.45) is 5.92 Å². The Balaban J connectivity index is 1.72. The number of fused-ring (bicyclic) bond motifs is 1. The van der Waals surface area contributed by atoms with Crippen molar-refractivity contribution in [2.45, 2.75) is 13.8 Å². The highest BCUT2D eigenvalue weighted by Gasteiger charge is 2.34. The third-order valence-electron chi connectivity index (χ3n) is 4.25. The highest BCUT2D eigenvalue weighted by Crippen LogP contribution is 2.26. The summed E-state index contributed by atoms with van der Waals surface area (Å²) in [5, 5.41) is 4.24. The summed E-state index contributed by atoms with van der Waals surface area (Å²) in [6.45, 7) is 5.33. The van der Waals surface area contributed by atoms with Gasteiger partial charge in [0.05, 0.1) is 18.4 Å². The molecule has 0 aliphatic carbocycles. The van der Waals surface area contributed by atoms with Crippen molar-refractivity contribution < 1.29 is 13.2 Å². The lowest BCUT2D eigenvalue weighted by atomic mass is 10.0. The molecule has 0 radical (unpaired) electrons. The van der Waals surface area contributed by atoms with Crippen LogP contribution in [-0.2, 0) is 10.0 Å². The SMILES string of the molecule is CCS(=O)(=O)N1CC(CNc2nc(C)nc3ccc(OC)cc23)C1. The lowest BCUT2D eigenvalue weighted by molar-refractivity contribution is 0.212. The molecule has 0 unspecified atom stereocenters. The van der Waals surface area contributed by atoms with Crippen molar-refractivity contribution in [3.05, 3.63) is 24.0 Å². The number of benzene rings is 1. The zero-order valence-electron chi connectivity index (χ0n) is 14.1. The first-order valence-corrected chi connectivity index (χ1v) is 9.58. The molecular formula is C16H22N4O3S. The van der Waals surface area contributed by atoms with Gasteiger partial charge >= 0.3 is 0 Å². The topological polar surface area (TPSA) is 84.4 Å². The van der Waals surface area contributed by atoms with E-state index in [4.69, 9.17) is 4.74 Å². The number of hydrogen-bond donors (Lipinski definition) is 1. The average Bonchev–Trinajstić information content (AvgIpc) is 2.52. The van der Waals surface area contributed by atoms with Crippen LogP contribution in [0.15, 0.2) is 18.2 Å². The average molecular weight is 350 g/mol. The predicted molar refractivity (Wildman–Crippen MR) is 93.8 cm³/mol. The van der Waals surface area contributed by atoms with Gasteiger partial charge < -0.3 is 10.1 Å². The number of aromatic nitrogens is 2. The van der Waals surface area contributed by atoms with Crippen LogP contribution >= 0.6 is 0 Å². The van der Waals surface area contributed by atoms with Crippen molar-refractivity contribution >= 4 is 26.7 Å². The van der Waals surface area contributed by atoms with Crippen molar-refractivity contribution in [1.29, 1.82) is 0 Å². The van der Waals surface area contributed by atoms with Gasteiger partial charge in [0.25, 0.3) is 0 Å². The molecule has 0 atom stereocenters. The summed E-state index contributed by atoms with van der Waals surface area (Å²) in [6.07, 6.45) is 0. The third kappa shape index (κ3) is 3.29. The maximum absolute atomic E-state index is 11.8. The molecule has 3 rings (SSSR count). The van der Waals surface area contributed by atoms with Crippen LogP contribution in [0.25, 0.3) is 10.9 Å². The van der Waals surface area contributed by atoms with E-state index in [0.717, 1.165) is 22.5 Å². The second kappa shape index (κ2) is 6.52. The van der Waals surface area contributed by atoms with E-state index >= 15 is 0 Å². The van der Waals surface area contributed by atoms with Crippen LogP contribution in [0.1, 0.15) is 12.7 Å². The largest absolute Gasteiger partial charge is 0.497 e. The van der Waals surface area contributed by atoms with Crippen molar-refractivity contribution in [3.63, 3.8) is 0 Å². The van der Waals surface area contributed by atoms with Gasteiger partial charge in [-0.25, -0.2) is 22.7 Å². The number of hydrogen-bond acceptors (Lipinski definition) is 6. The van der Waals surface area contributed by atoms with Crippen LogP contribution < -0.4 is 10.1 Å². The Hall–Kier alpha value is -1.93. The zero-order chi connectivity index (χ0) is 17.3. The van der Waals surface area contributed by atoms with E-state index in [0.29, 0.717) is 31.4 Å². The van der Waals surface area contributed by atoms with E-state index in [-0.39, 0.29) is 5.75 Å². The van der Waals surface area contributed by atoms with Crippen molar-refractivity contribution in [2.75, 3.05) is 37.8 Å². The Morgan fingerprint density at radius 2 is 2.08 bits per heavy atom. The summed E-state index contributed by atoms with van der Waals surface area (Å²) in [6, 6.07) is 5.69. The number of ether oxygens (including phenoxy) is 1. The first-order chi connectivity index (χ1) is 11.4. The molecular weight excluding hydrogens is 328 g/mol. The molecule has 1 aromatic carbocycles. The standard InChI is InChI=1S/C16H22N4O3S/c1-4-24(21,22)20-9-12(10-20)8-17-16-14-7-13(23-3)5-6-15(14)18-11(2)19-16/h5-7,12H,4,8-10H2,1-3H3,(H,17,18,19). The van der Waals surface area contributed by atoms with Crippen LogP contribution in [0.4, 0.5) is 5.82 Å². The summed E-state index contributed by atoms with van der Waals surface area (Å²) in [4.78, 5) is 8.92. The normalized spacial score (nSPS) is 16.1. The summed E-state index contributed by atoms with van der Waals surface area (Å²) < 4.78 is 30.3. The van der Waals surface area contributed by atoms with Crippen LogP contribution in [0.3, 0.4) is 0 Å². The fourth-order valence-electron chi connectivity index (χ4n) is 2.79. The summed E-state index contributed by atoms with van der Waals surface area (Å²) in [5.41, 5.74) is 0.856. The molecule has 1 aromatic heterocycles. The Labute approximate surface area is 142 Å². The van der Waals surface area contributed by atoms with E-state index in [1.807, 2.05) is 25.1 Å². The minimum Gasteiger partial charge on any atom is -0.497 e. The summed E-state index contributed by atoms with van der Waals surface area (Å²) >= 11 is 0. The van der Waals surface area contributed by atoms with E-state index in [1.165, 1.54) is 4.31 Å². The van der Waals surface area contributed by atoms with Gasteiger partial charge in [0.1, 0.15) is 17.4 Å². The number of aryl methyl sites for hydroxylation is 1. The smallest absolute Gasteiger partial charge is 0.213 e.